The number of rotatable bonds is 4. The lowest BCUT2D eigenvalue weighted by Crippen LogP contribution is -2.49. The van der Waals surface area contributed by atoms with E-state index < -0.39 is 0 Å². The van der Waals surface area contributed by atoms with Crippen LogP contribution in [0.4, 0.5) is 5.82 Å². The van der Waals surface area contributed by atoms with E-state index in [0.29, 0.717) is 6.42 Å². The van der Waals surface area contributed by atoms with Gasteiger partial charge in [0.05, 0.1) is 12.1 Å². The van der Waals surface area contributed by atoms with Crippen molar-refractivity contribution in [2.45, 2.75) is 20.3 Å². The van der Waals surface area contributed by atoms with E-state index in [0.717, 1.165) is 53.1 Å². The molecule has 3 heterocycles. The summed E-state index contributed by atoms with van der Waals surface area (Å²) in [7, 11) is 0. The number of carbonyl (C=O) groups excluding carboxylic acids is 1. The number of aromatic nitrogens is 2. The number of benzene rings is 1. The molecule has 5 nitrogen and oxygen atoms in total. The minimum absolute atomic E-state index is 0.184. The Hall–Kier alpha value is -2.73. The van der Waals surface area contributed by atoms with Gasteiger partial charge in [-0.15, -0.1) is 11.3 Å². The highest BCUT2D eigenvalue weighted by Gasteiger charge is 2.23. The number of aryl methyl sites for hydroxylation is 2. The van der Waals surface area contributed by atoms with Gasteiger partial charge in [-0.1, -0.05) is 30.3 Å². The van der Waals surface area contributed by atoms with Crippen molar-refractivity contribution in [3.05, 3.63) is 64.8 Å². The fraction of sp³-hybridized carbons (Fsp3) is 0.318. The number of amides is 1. The number of hydrogen-bond acceptors (Lipinski definition) is 5. The van der Waals surface area contributed by atoms with Crippen LogP contribution in [0.15, 0.2) is 48.7 Å². The van der Waals surface area contributed by atoms with Crippen LogP contribution >= 0.6 is 11.3 Å². The second-order valence-corrected chi connectivity index (χ2v) is 8.16. The molecule has 0 N–H and O–H groups in total. The Morgan fingerprint density at radius 2 is 1.79 bits per heavy atom. The predicted molar refractivity (Wildman–Crippen MR) is 114 cm³/mol. The fourth-order valence-electron chi connectivity index (χ4n) is 3.50. The van der Waals surface area contributed by atoms with Crippen LogP contribution in [0.1, 0.15) is 16.1 Å². The van der Waals surface area contributed by atoms with Crippen molar-refractivity contribution < 1.29 is 4.79 Å². The zero-order valence-corrected chi connectivity index (χ0v) is 17.1. The van der Waals surface area contributed by atoms with Crippen molar-refractivity contribution in [2.24, 2.45) is 0 Å². The SMILES string of the molecule is Cc1ccccc1-c1nc(C)c(CC(=O)N2CCN(c3ccccn3)CC2)s1. The van der Waals surface area contributed by atoms with E-state index in [4.69, 9.17) is 4.98 Å². The maximum absolute atomic E-state index is 12.8. The molecule has 1 fully saturated rings. The van der Waals surface area contributed by atoms with Crippen LogP contribution in [-0.2, 0) is 11.2 Å². The molecule has 0 unspecified atom stereocenters. The van der Waals surface area contributed by atoms with Gasteiger partial charge in [0.2, 0.25) is 5.91 Å². The number of hydrogen-bond donors (Lipinski definition) is 0. The Kier molecular flexibility index (Phi) is 5.39. The quantitative estimate of drug-likeness (QED) is 0.679. The van der Waals surface area contributed by atoms with Gasteiger partial charge in [-0.05, 0) is 31.5 Å². The first-order chi connectivity index (χ1) is 13.6. The summed E-state index contributed by atoms with van der Waals surface area (Å²) in [6.45, 7) is 7.20. The Balaban J connectivity index is 1.40. The number of nitrogens with zero attached hydrogens (tertiary/aromatic N) is 4. The standard InChI is InChI=1S/C22H24N4OS/c1-16-7-3-4-8-18(16)22-24-17(2)19(28-22)15-21(27)26-13-11-25(12-14-26)20-9-5-6-10-23-20/h3-10H,11-15H2,1-2H3. The van der Waals surface area contributed by atoms with Gasteiger partial charge < -0.3 is 9.80 Å². The van der Waals surface area contributed by atoms with E-state index in [1.807, 2.05) is 48.4 Å². The molecule has 0 aliphatic carbocycles. The van der Waals surface area contributed by atoms with Crippen LogP contribution in [0.2, 0.25) is 0 Å². The van der Waals surface area contributed by atoms with Crippen molar-refractivity contribution in [3.63, 3.8) is 0 Å². The van der Waals surface area contributed by atoms with Crippen molar-refractivity contribution >= 4 is 23.1 Å². The summed E-state index contributed by atoms with van der Waals surface area (Å²) in [5.41, 5.74) is 3.32. The maximum atomic E-state index is 12.8. The van der Waals surface area contributed by atoms with E-state index in [1.165, 1.54) is 5.56 Å². The smallest absolute Gasteiger partial charge is 0.228 e. The molecule has 6 heteroatoms. The first-order valence-electron chi connectivity index (χ1n) is 9.58. The lowest BCUT2D eigenvalue weighted by atomic mass is 10.1. The molecule has 2 aromatic heterocycles. The summed E-state index contributed by atoms with van der Waals surface area (Å²) in [4.78, 5) is 27.2. The average Bonchev–Trinajstić information content (AvgIpc) is 3.09. The van der Waals surface area contributed by atoms with E-state index in [2.05, 4.69) is 28.9 Å². The van der Waals surface area contributed by atoms with Gasteiger partial charge in [-0.3, -0.25) is 4.79 Å². The molecule has 1 aliphatic rings. The molecule has 1 aromatic carbocycles. The Labute approximate surface area is 169 Å². The summed E-state index contributed by atoms with van der Waals surface area (Å²) < 4.78 is 0. The van der Waals surface area contributed by atoms with Crippen LogP contribution in [0.3, 0.4) is 0 Å². The topological polar surface area (TPSA) is 49.3 Å². The van der Waals surface area contributed by atoms with Gasteiger partial charge in [0.15, 0.2) is 0 Å². The largest absolute Gasteiger partial charge is 0.353 e. The first kappa shape index (κ1) is 18.6. The zero-order valence-electron chi connectivity index (χ0n) is 16.3. The van der Waals surface area contributed by atoms with Gasteiger partial charge in [0, 0.05) is 42.8 Å². The van der Waals surface area contributed by atoms with E-state index in [-0.39, 0.29) is 5.91 Å². The molecule has 144 valence electrons. The molecule has 1 amide bonds. The molecule has 3 aromatic rings. The monoisotopic (exact) mass is 392 g/mol. The number of piperazine rings is 1. The summed E-state index contributed by atoms with van der Waals surface area (Å²) in [5.74, 6) is 1.17. The van der Waals surface area contributed by atoms with E-state index in [9.17, 15) is 4.79 Å². The van der Waals surface area contributed by atoms with Gasteiger partial charge in [-0.2, -0.15) is 0 Å². The maximum Gasteiger partial charge on any atom is 0.228 e. The average molecular weight is 393 g/mol. The van der Waals surface area contributed by atoms with Crippen LogP contribution in [-0.4, -0.2) is 47.0 Å². The third-order valence-corrected chi connectivity index (χ3v) is 6.38. The Bertz CT molecular complexity index is 962. The highest BCUT2D eigenvalue weighted by molar-refractivity contribution is 7.15. The number of thiazole rings is 1. The van der Waals surface area contributed by atoms with Crippen LogP contribution in [0, 0.1) is 13.8 Å². The van der Waals surface area contributed by atoms with Gasteiger partial charge >= 0.3 is 0 Å². The van der Waals surface area contributed by atoms with Crippen molar-refractivity contribution in [1.82, 2.24) is 14.9 Å². The second-order valence-electron chi connectivity index (χ2n) is 7.08. The second kappa shape index (κ2) is 8.10. The molecule has 1 aliphatic heterocycles. The van der Waals surface area contributed by atoms with Crippen LogP contribution in [0.25, 0.3) is 10.6 Å². The normalized spacial score (nSPS) is 14.4. The minimum atomic E-state index is 0.184. The van der Waals surface area contributed by atoms with Crippen LogP contribution in [0.5, 0.6) is 0 Å². The van der Waals surface area contributed by atoms with Crippen molar-refractivity contribution in [3.8, 4) is 10.6 Å². The number of carbonyl (C=O) groups is 1. The minimum Gasteiger partial charge on any atom is -0.353 e. The molecule has 0 saturated carbocycles. The van der Waals surface area contributed by atoms with Gasteiger partial charge in [0.1, 0.15) is 10.8 Å². The summed E-state index contributed by atoms with van der Waals surface area (Å²) in [6, 6.07) is 14.2. The zero-order chi connectivity index (χ0) is 19.5. The molecule has 1 saturated heterocycles. The highest BCUT2D eigenvalue weighted by Crippen LogP contribution is 2.30. The van der Waals surface area contributed by atoms with Gasteiger partial charge in [-0.25, -0.2) is 9.97 Å². The molecule has 28 heavy (non-hydrogen) atoms. The summed E-state index contributed by atoms with van der Waals surface area (Å²) in [6.07, 6.45) is 2.24. The molecule has 0 atom stereocenters. The molecule has 0 bridgehead atoms. The van der Waals surface area contributed by atoms with E-state index in [1.54, 1.807) is 11.3 Å². The first-order valence-corrected chi connectivity index (χ1v) is 10.4. The molecular formula is C22H24N4OS. The van der Waals surface area contributed by atoms with E-state index >= 15 is 0 Å². The Morgan fingerprint density at radius 3 is 2.50 bits per heavy atom. The number of anilines is 1. The molecular weight excluding hydrogens is 368 g/mol. The molecule has 0 spiro atoms. The molecule has 4 rings (SSSR count). The van der Waals surface area contributed by atoms with Gasteiger partial charge in [0.25, 0.3) is 0 Å². The van der Waals surface area contributed by atoms with Crippen molar-refractivity contribution in [1.29, 1.82) is 0 Å². The lowest BCUT2D eigenvalue weighted by molar-refractivity contribution is -0.130. The highest BCUT2D eigenvalue weighted by atomic mass is 32.1. The number of pyridine rings is 1. The summed E-state index contributed by atoms with van der Waals surface area (Å²) in [5, 5.41) is 0.998. The lowest BCUT2D eigenvalue weighted by Gasteiger charge is -2.35. The third kappa shape index (κ3) is 3.92. The Morgan fingerprint density at radius 1 is 1.04 bits per heavy atom. The van der Waals surface area contributed by atoms with Crippen LogP contribution < -0.4 is 4.90 Å². The van der Waals surface area contributed by atoms with Crippen molar-refractivity contribution in [2.75, 3.05) is 31.1 Å². The summed E-state index contributed by atoms with van der Waals surface area (Å²) >= 11 is 1.64. The molecule has 0 radical (unpaired) electrons. The fourth-order valence-corrected chi connectivity index (χ4v) is 4.64. The third-order valence-electron chi connectivity index (χ3n) is 5.19. The predicted octanol–water partition coefficient (Wildman–Crippen LogP) is 3.71.